The zero-order chi connectivity index (χ0) is 16.8. The Morgan fingerprint density at radius 1 is 0.958 bits per heavy atom. The molecule has 24 heavy (non-hydrogen) atoms. The van der Waals surface area contributed by atoms with Crippen LogP contribution in [0.4, 0.5) is 5.69 Å². The van der Waals surface area contributed by atoms with Gasteiger partial charge in [-0.15, -0.1) is 11.8 Å². The van der Waals surface area contributed by atoms with Crippen LogP contribution in [0.5, 0.6) is 0 Å². The topological polar surface area (TPSA) is 24.4 Å². The van der Waals surface area contributed by atoms with Crippen molar-refractivity contribution in [3.63, 3.8) is 0 Å². The lowest BCUT2D eigenvalue weighted by molar-refractivity contribution is 0.516. The summed E-state index contributed by atoms with van der Waals surface area (Å²) in [6.45, 7) is 0. The molecule has 0 aliphatic heterocycles. The Morgan fingerprint density at radius 2 is 1.71 bits per heavy atom. The highest BCUT2D eigenvalue weighted by Crippen LogP contribution is 2.33. The van der Waals surface area contributed by atoms with Crippen molar-refractivity contribution in [3.8, 4) is 0 Å². The number of anilines is 1. The summed E-state index contributed by atoms with van der Waals surface area (Å²) in [7, 11) is 0. The van der Waals surface area contributed by atoms with E-state index in [1.807, 2.05) is 17.8 Å². The number of benzene rings is 2. The quantitative estimate of drug-likeness (QED) is 0.453. The molecule has 3 rings (SSSR count). The van der Waals surface area contributed by atoms with Gasteiger partial charge in [0.05, 0.1) is 21.9 Å². The van der Waals surface area contributed by atoms with E-state index < -0.39 is 0 Å². The summed E-state index contributed by atoms with van der Waals surface area (Å²) in [5.74, 6) is 0. The summed E-state index contributed by atoms with van der Waals surface area (Å²) in [6, 6.07) is 13.9. The van der Waals surface area contributed by atoms with Crippen LogP contribution in [0.15, 0.2) is 52.5 Å². The molecule has 0 unspecified atom stereocenters. The number of halogens is 2. The first kappa shape index (κ1) is 17.7. The first-order valence-corrected chi connectivity index (χ1v) is 9.85. The maximum atomic E-state index is 5.98. The number of rotatable bonds is 5. The number of nitrogens with one attached hydrogen (secondary N) is 1. The third-order valence-corrected chi connectivity index (χ3v) is 6.15. The van der Waals surface area contributed by atoms with E-state index in [2.05, 4.69) is 34.8 Å². The van der Waals surface area contributed by atoms with Crippen LogP contribution in [-0.4, -0.2) is 11.5 Å². The van der Waals surface area contributed by atoms with Gasteiger partial charge in [0.25, 0.3) is 0 Å². The molecule has 0 aromatic heterocycles. The first-order chi connectivity index (χ1) is 11.7. The molecule has 1 aliphatic rings. The van der Waals surface area contributed by atoms with Gasteiger partial charge in [-0.3, -0.25) is 5.43 Å². The second kappa shape index (κ2) is 8.80. The van der Waals surface area contributed by atoms with Crippen molar-refractivity contribution in [2.24, 2.45) is 5.10 Å². The minimum absolute atomic E-state index is 0.515. The van der Waals surface area contributed by atoms with Crippen molar-refractivity contribution in [1.29, 1.82) is 0 Å². The molecule has 126 valence electrons. The van der Waals surface area contributed by atoms with Crippen LogP contribution < -0.4 is 5.43 Å². The number of nitrogens with zero attached hydrogens (tertiary/aromatic N) is 1. The van der Waals surface area contributed by atoms with Gasteiger partial charge in [0.15, 0.2) is 0 Å². The van der Waals surface area contributed by atoms with E-state index in [9.17, 15) is 0 Å². The Balaban J connectivity index is 1.54. The predicted molar refractivity (Wildman–Crippen MR) is 107 cm³/mol. The van der Waals surface area contributed by atoms with Gasteiger partial charge in [-0.05, 0) is 48.7 Å². The van der Waals surface area contributed by atoms with Crippen LogP contribution in [0.1, 0.15) is 37.7 Å². The lowest BCUT2D eigenvalue weighted by Gasteiger charge is -2.20. The molecule has 1 aliphatic carbocycles. The summed E-state index contributed by atoms with van der Waals surface area (Å²) in [5.41, 5.74) is 4.84. The zero-order valence-electron chi connectivity index (χ0n) is 13.3. The van der Waals surface area contributed by atoms with Gasteiger partial charge >= 0.3 is 0 Å². The number of hydrogen-bond acceptors (Lipinski definition) is 3. The smallest absolute Gasteiger partial charge is 0.0613 e. The second-order valence-corrected chi connectivity index (χ2v) is 8.13. The Hall–Kier alpha value is -1.16. The molecule has 2 aromatic carbocycles. The van der Waals surface area contributed by atoms with E-state index in [0.717, 1.165) is 16.5 Å². The average Bonchev–Trinajstić information content (AvgIpc) is 2.60. The Labute approximate surface area is 157 Å². The van der Waals surface area contributed by atoms with Crippen LogP contribution in [-0.2, 0) is 0 Å². The summed E-state index contributed by atoms with van der Waals surface area (Å²) >= 11 is 13.9. The third kappa shape index (κ3) is 5.17. The van der Waals surface area contributed by atoms with Gasteiger partial charge in [0.2, 0.25) is 0 Å². The van der Waals surface area contributed by atoms with Crippen molar-refractivity contribution in [1.82, 2.24) is 0 Å². The van der Waals surface area contributed by atoms with Crippen molar-refractivity contribution < 1.29 is 0 Å². The lowest BCUT2D eigenvalue weighted by Crippen LogP contribution is -2.07. The minimum Gasteiger partial charge on any atom is -0.278 e. The molecule has 0 heterocycles. The highest BCUT2D eigenvalue weighted by molar-refractivity contribution is 8.00. The highest BCUT2D eigenvalue weighted by Gasteiger charge is 2.14. The highest BCUT2D eigenvalue weighted by atomic mass is 35.5. The second-order valence-electron chi connectivity index (χ2n) is 5.95. The molecular formula is C19H20Cl2N2S. The summed E-state index contributed by atoms with van der Waals surface area (Å²) in [5, 5.41) is 6.08. The fourth-order valence-electron chi connectivity index (χ4n) is 2.75. The fraction of sp³-hybridized carbons (Fsp3) is 0.316. The number of hydrogen-bond donors (Lipinski definition) is 1. The molecular weight excluding hydrogens is 359 g/mol. The van der Waals surface area contributed by atoms with Gasteiger partial charge in [0.1, 0.15) is 0 Å². The Bertz CT molecular complexity index is 695. The lowest BCUT2D eigenvalue weighted by atomic mass is 10.0. The number of hydrazone groups is 1. The SMILES string of the molecule is Clc1ccc(NN=Cc2ccc(SC3CCCCC3)cc2)cc1Cl. The molecule has 0 saturated heterocycles. The minimum atomic E-state index is 0.515. The van der Waals surface area contributed by atoms with E-state index in [0.29, 0.717) is 10.0 Å². The van der Waals surface area contributed by atoms with Crippen molar-refractivity contribution >= 4 is 46.9 Å². The molecule has 1 fully saturated rings. The van der Waals surface area contributed by atoms with Crippen LogP contribution in [0.25, 0.3) is 0 Å². The molecule has 0 spiro atoms. The van der Waals surface area contributed by atoms with Gasteiger partial charge in [-0.1, -0.05) is 54.6 Å². The molecule has 0 radical (unpaired) electrons. The van der Waals surface area contributed by atoms with E-state index in [1.165, 1.54) is 37.0 Å². The average molecular weight is 379 g/mol. The summed E-state index contributed by atoms with van der Waals surface area (Å²) in [4.78, 5) is 1.34. The largest absolute Gasteiger partial charge is 0.278 e. The zero-order valence-corrected chi connectivity index (χ0v) is 15.7. The van der Waals surface area contributed by atoms with Crippen molar-refractivity contribution in [2.75, 3.05) is 5.43 Å². The van der Waals surface area contributed by atoms with Crippen LogP contribution in [0.3, 0.4) is 0 Å². The van der Waals surface area contributed by atoms with E-state index in [4.69, 9.17) is 23.2 Å². The molecule has 0 amide bonds. The Kier molecular flexibility index (Phi) is 6.47. The monoisotopic (exact) mass is 378 g/mol. The van der Waals surface area contributed by atoms with Crippen molar-refractivity contribution in [3.05, 3.63) is 58.1 Å². The van der Waals surface area contributed by atoms with E-state index in [-0.39, 0.29) is 0 Å². The maximum absolute atomic E-state index is 5.98. The Morgan fingerprint density at radius 3 is 2.42 bits per heavy atom. The summed E-state index contributed by atoms with van der Waals surface area (Å²) < 4.78 is 0. The van der Waals surface area contributed by atoms with Crippen LogP contribution >= 0.6 is 35.0 Å². The van der Waals surface area contributed by atoms with Gasteiger partial charge in [-0.25, -0.2) is 0 Å². The molecule has 0 atom stereocenters. The van der Waals surface area contributed by atoms with Crippen molar-refractivity contribution in [2.45, 2.75) is 42.2 Å². The van der Waals surface area contributed by atoms with Crippen LogP contribution in [0, 0.1) is 0 Å². The molecule has 1 saturated carbocycles. The van der Waals surface area contributed by atoms with E-state index in [1.54, 1.807) is 18.3 Å². The molecule has 2 aromatic rings. The fourth-order valence-corrected chi connectivity index (χ4v) is 4.30. The molecule has 1 N–H and O–H groups in total. The first-order valence-electron chi connectivity index (χ1n) is 8.21. The van der Waals surface area contributed by atoms with E-state index >= 15 is 0 Å². The van der Waals surface area contributed by atoms with Gasteiger partial charge in [0, 0.05) is 10.1 Å². The molecule has 0 bridgehead atoms. The third-order valence-electron chi connectivity index (χ3n) is 4.06. The normalized spacial score (nSPS) is 15.8. The van der Waals surface area contributed by atoms with Gasteiger partial charge in [-0.2, -0.15) is 5.10 Å². The molecule has 5 heteroatoms. The van der Waals surface area contributed by atoms with Gasteiger partial charge < -0.3 is 0 Å². The number of thioether (sulfide) groups is 1. The predicted octanol–water partition coefficient (Wildman–Crippen LogP) is 6.86. The maximum Gasteiger partial charge on any atom is 0.0613 e. The molecule has 2 nitrogen and oxygen atoms in total. The van der Waals surface area contributed by atoms with Crippen LogP contribution in [0.2, 0.25) is 10.0 Å². The standard InChI is InChI=1S/C19H20Cl2N2S/c20-18-11-8-15(12-19(18)21)23-22-13-14-6-9-17(10-7-14)24-16-4-2-1-3-5-16/h6-13,16,23H,1-5H2. The summed E-state index contributed by atoms with van der Waals surface area (Å²) in [6.07, 6.45) is 8.66.